The second-order valence-corrected chi connectivity index (χ2v) is 3.41. The summed E-state index contributed by atoms with van der Waals surface area (Å²) < 4.78 is 0. The summed E-state index contributed by atoms with van der Waals surface area (Å²) in [4.78, 5) is 33.4. The SMILES string of the molecule is C/C=C\C(=O)N(C=O)CCCCCC(N)=O. The molecule has 90 valence electrons. The van der Waals surface area contributed by atoms with Crippen molar-refractivity contribution in [1.29, 1.82) is 0 Å². The zero-order valence-corrected chi connectivity index (χ0v) is 9.52. The highest BCUT2D eigenvalue weighted by molar-refractivity contribution is 5.94. The zero-order chi connectivity index (χ0) is 12.4. The molecular formula is C11H18N2O3. The number of hydrogen-bond donors (Lipinski definition) is 1. The Morgan fingerprint density at radius 2 is 1.94 bits per heavy atom. The molecule has 0 saturated carbocycles. The number of unbranched alkanes of at least 4 members (excludes halogenated alkanes) is 2. The van der Waals surface area contributed by atoms with E-state index in [9.17, 15) is 14.4 Å². The first-order chi connectivity index (χ1) is 7.61. The molecule has 0 saturated heterocycles. The van der Waals surface area contributed by atoms with Crippen LogP contribution in [0.1, 0.15) is 32.6 Å². The molecule has 0 aromatic heterocycles. The Morgan fingerprint density at radius 3 is 2.44 bits per heavy atom. The van der Waals surface area contributed by atoms with E-state index in [4.69, 9.17) is 5.73 Å². The van der Waals surface area contributed by atoms with E-state index in [-0.39, 0.29) is 11.8 Å². The third-order valence-corrected chi connectivity index (χ3v) is 2.04. The topological polar surface area (TPSA) is 80.5 Å². The average Bonchev–Trinajstić information content (AvgIpc) is 2.23. The molecule has 0 atom stereocenters. The monoisotopic (exact) mass is 226 g/mol. The zero-order valence-electron chi connectivity index (χ0n) is 9.52. The predicted molar refractivity (Wildman–Crippen MR) is 60.3 cm³/mol. The maximum atomic E-state index is 11.3. The molecule has 0 aliphatic rings. The van der Waals surface area contributed by atoms with Gasteiger partial charge in [-0.15, -0.1) is 0 Å². The normalized spacial score (nSPS) is 10.3. The van der Waals surface area contributed by atoms with Gasteiger partial charge in [0.15, 0.2) is 0 Å². The number of carbonyl (C=O) groups is 3. The van der Waals surface area contributed by atoms with Gasteiger partial charge >= 0.3 is 0 Å². The molecule has 5 heteroatoms. The van der Waals surface area contributed by atoms with Gasteiger partial charge in [-0.1, -0.05) is 12.5 Å². The highest BCUT2D eigenvalue weighted by Gasteiger charge is 2.07. The highest BCUT2D eigenvalue weighted by Crippen LogP contribution is 2.01. The lowest BCUT2D eigenvalue weighted by molar-refractivity contribution is -0.134. The van der Waals surface area contributed by atoms with E-state index in [0.29, 0.717) is 32.2 Å². The molecule has 0 bridgehead atoms. The molecular weight excluding hydrogens is 208 g/mol. The molecule has 0 rings (SSSR count). The van der Waals surface area contributed by atoms with Gasteiger partial charge in [-0.2, -0.15) is 0 Å². The van der Waals surface area contributed by atoms with E-state index >= 15 is 0 Å². The van der Waals surface area contributed by atoms with Crippen LogP contribution >= 0.6 is 0 Å². The Labute approximate surface area is 95.3 Å². The third-order valence-electron chi connectivity index (χ3n) is 2.04. The van der Waals surface area contributed by atoms with Crippen LogP contribution in [0.4, 0.5) is 0 Å². The lowest BCUT2D eigenvalue weighted by Crippen LogP contribution is -2.28. The van der Waals surface area contributed by atoms with E-state index in [1.165, 1.54) is 6.08 Å². The largest absolute Gasteiger partial charge is 0.370 e. The van der Waals surface area contributed by atoms with Crippen LogP contribution in [-0.2, 0) is 14.4 Å². The van der Waals surface area contributed by atoms with Crippen LogP contribution in [0, 0.1) is 0 Å². The molecule has 2 N–H and O–H groups in total. The number of nitrogens with zero attached hydrogens (tertiary/aromatic N) is 1. The number of allylic oxidation sites excluding steroid dienone is 1. The average molecular weight is 226 g/mol. The first-order valence-electron chi connectivity index (χ1n) is 5.28. The lowest BCUT2D eigenvalue weighted by Gasteiger charge is -2.12. The Kier molecular flexibility index (Phi) is 7.75. The van der Waals surface area contributed by atoms with Crippen LogP contribution in [0.3, 0.4) is 0 Å². The van der Waals surface area contributed by atoms with Gasteiger partial charge in [0.2, 0.25) is 12.3 Å². The van der Waals surface area contributed by atoms with Crippen molar-refractivity contribution in [3.8, 4) is 0 Å². The van der Waals surface area contributed by atoms with Crippen LogP contribution in [0.5, 0.6) is 0 Å². The van der Waals surface area contributed by atoms with Crippen molar-refractivity contribution in [1.82, 2.24) is 4.90 Å². The summed E-state index contributed by atoms with van der Waals surface area (Å²) in [6, 6.07) is 0. The second-order valence-electron chi connectivity index (χ2n) is 3.41. The fraction of sp³-hybridized carbons (Fsp3) is 0.545. The van der Waals surface area contributed by atoms with E-state index in [1.54, 1.807) is 13.0 Å². The summed E-state index contributed by atoms with van der Waals surface area (Å²) in [6.45, 7) is 2.10. The fourth-order valence-electron chi connectivity index (χ4n) is 1.21. The van der Waals surface area contributed by atoms with E-state index in [0.717, 1.165) is 11.3 Å². The number of primary amides is 1. The minimum absolute atomic E-state index is 0.313. The van der Waals surface area contributed by atoms with Crippen molar-refractivity contribution in [2.75, 3.05) is 6.54 Å². The van der Waals surface area contributed by atoms with E-state index in [1.807, 2.05) is 0 Å². The summed E-state index contributed by atoms with van der Waals surface area (Å²) >= 11 is 0. The van der Waals surface area contributed by atoms with E-state index < -0.39 is 0 Å². The van der Waals surface area contributed by atoms with Crippen LogP contribution in [0.2, 0.25) is 0 Å². The Hall–Kier alpha value is -1.65. The maximum absolute atomic E-state index is 11.3. The van der Waals surface area contributed by atoms with Gasteiger partial charge in [-0.25, -0.2) is 0 Å². The fourth-order valence-corrected chi connectivity index (χ4v) is 1.21. The van der Waals surface area contributed by atoms with Crippen LogP contribution < -0.4 is 5.73 Å². The van der Waals surface area contributed by atoms with Crippen molar-refractivity contribution < 1.29 is 14.4 Å². The second kappa shape index (κ2) is 8.64. The first kappa shape index (κ1) is 14.3. The molecule has 0 aromatic carbocycles. The van der Waals surface area contributed by atoms with Gasteiger partial charge in [0.25, 0.3) is 5.91 Å². The molecule has 5 nitrogen and oxygen atoms in total. The molecule has 0 heterocycles. The Morgan fingerprint density at radius 1 is 1.25 bits per heavy atom. The molecule has 0 spiro atoms. The molecule has 0 aliphatic heterocycles. The number of amides is 3. The molecule has 3 amide bonds. The van der Waals surface area contributed by atoms with Gasteiger partial charge in [0, 0.05) is 13.0 Å². The number of nitrogens with two attached hydrogens (primary N) is 1. The first-order valence-corrected chi connectivity index (χ1v) is 5.28. The van der Waals surface area contributed by atoms with Crippen molar-refractivity contribution in [3.63, 3.8) is 0 Å². The molecule has 0 fully saturated rings. The van der Waals surface area contributed by atoms with Crippen LogP contribution in [0.15, 0.2) is 12.2 Å². The summed E-state index contributed by atoms with van der Waals surface area (Å²) in [5.74, 6) is -0.635. The lowest BCUT2D eigenvalue weighted by atomic mass is 10.2. The van der Waals surface area contributed by atoms with Gasteiger partial charge in [0.05, 0.1) is 0 Å². The number of carbonyl (C=O) groups excluding carboxylic acids is 3. The maximum Gasteiger partial charge on any atom is 0.252 e. The standard InChI is InChI=1S/C11H18N2O3/c1-2-6-11(16)13(9-14)8-5-3-4-7-10(12)15/h2,6,9H,3-5,7-8H2,1H3,(H2,12,15)/b6-2-. The Balaban J connectivity index is 3.75. The molecule has 0 radical (unpaired) electrons. The molecule has 0 aromatic rings. The van der Waals surface area contributed by atoms with Gasteiger partial charge < -0.3 is 5.73 Å². The summed E-state index contributed by atoms with van der Waals surface area (Å²) in [5.41, 5.74) is 4.98. The third kappa shape index (κ3) is 6.75. The minimum Gasteiger partial charge on any atom is -0.370 e. The minimum atomic E-state index is -0.322. The Bertz CT molecular complexity index is 274. The van der Waals surface area contributed by atoms with E-state index in [2.05, 4.69) is 0 Å². The van der Waals surface area contributed by atoms with Gasteiger partial charge in [-0.3, -0.25) is 19.3 Å². The van der Waals surface area contributed by atoms with Crippen molar-refractivity contribution >= 4 is 18.2 Å². The van der Waals surface area contributed by atoms with Crippen molar-refractivity contribution in [3.05, 3.63) is 12.2 Å². The molecule has 0 unspecified atom stereocenters. The smallest absolute Gasteiger partial charge is 0.252 e. The molecule has 0 aliphatic carbocycles. The van der Waals surface area contributed by atoms with Crippen LogP contribution in [0.25, 0.3) is 0 Å². The van der Waals surface area contributed by atoms with Gasteiger partial charge in [-0.05, 0) is 25.8 Å². The van der Waals surface area contributed by atoms with Crippen molar-refractivity contribution in [2.24, 2.45) is 5.73 Å². The number of rotatable bonds is 8. The summed E-state index contributed by atoms with van der Waals surface area (Å²) in [5, 5.41) is 0. The summed E-state index contributed by atoms with van der Waals surface area (Å²) in [7, 11) is 0. The number of imide groups is 1. The van der Waals surface area contributed by atoms with Crippen molar-refractivity contribution in [2.45, 2.75) is 32.6 Å². The predicted octanol–water partition coefficient (Wildman–Crippen LogP) is 0.593. The number of hydrogen-bond acceptors (Lipinski definition) is 3. The highest BCUT2D eigenvalue weighted by atomic mass is 16.2. The quantitative estimate of drug-likeness (QED) is 0.374. The summed E-state index contributed by atoms with van der Waals surface area (Å²) in [6.07, 6.45) is 5.97. The van der Waals surface area contributed by atoms with Crippen LogP contribution in [-0.4, -0.2) is 29.7 Å². The molecule has 16 heavy (non-hydrogen) atoms. The van der Waals surface area contributed by atoms with Gasteiger partial charge in [0.1, 0.15) is 0 Å².